The number of hydrogen-bond acceptors (Lipinski definition) is 3. The summed E-state index contributed by atoms with van der Waals surface area (Å²) in [5.41, 5.74) is 4.93. The topological polar surface area (TPSA) is 44.5 Å². The van der Waals surface area contributed by atoms with Crippen molar-refractivity contribution >= 4 is 0 Å². The van der Waals surface area contributed by atoms with Gasteiger partial charge < -0.3 is 15.2 Å². The first kappa shape index (κ1) is 18.9. The van der Waals surface area contributed by atoms with E-state index in [0.717, 1.165) is 30.3 Å². The highest BCUT2D eigenvalue weighted by Crippen LogP contribution is 2.37. The average molecular weight is 365 g/mol. The summed E-state index contributed by atoms with van der Waals surface area (Å²) in [6.07, 6.45) is -9.44. The van der Waals surface area contributed by atoms with Crippen molar-refractivity contribution in [3.63, 3.8) is 0 Å². The summed E-state index contributed by atoms with van der Waals surface area (Å²) in [4.78, 5) is 0. The number of benzene rings is 2. The molecule has 2 rings (SSSR count). The molecule has 3 nitrogen and oxygen atoms in total. The zero-order valence-corrected chi connectivity index (χ0v) is 12.6. The Morgan fingerprint density at radius 1 is 0.800 bits per heavy atom. The molecule has 0 aliphatic heterocycles. The summed E-state index contributed by atoms with van der Waals surface area (Å²) in [6.45, 7) is 0.0694. The molecule has 0 saturated heterocycles. The van der Waals surface area contributed by atoms with Gasteiger partial charge in [0.1, 0.15) is 6.61 Å². The van der Waals surface area contributed by atoms with Crippen molar-refractivity contribution in [3.05, 3.63) is 48.0 Å². The van der Waals surface area contributed by atoms with E-state index in [1.165, 1.54) is 12.1 Å². The van der Waals surface area contributed by atoms with E-state index in [0.29, 0.717) is 5.56 Å². The Hall–Kier alpha value is -2.42. The monoisotopic (exact) mass is 365 g/mol. The van der Waals surface area contributed by atoms with Gasteiger partial charge in [-0.15, -0.1) is 13.2 Å². The van der Waals surface area contributed by atoms with Crippen molar-refractivity contribution in [2.75, 3.05) is 13.2 Å². The molecule has 0 aliphatic carbocycles. The maximum absolute atomic E-state index is 12.6. The van der Waals surface area contributed by atoms with Gasteiger partial charge in [0.25, 0.3) is 0 Å². The molecule has 2 aromatic carbocycles. The van der Waals surface area contributed by atoms with E-state index >= 15 is 0 Å². The molecule has 9 heteroatoms. The standard InChI is InChI=1S/C16H13F6NO2/c17-15(18,19)12-4-1-10(2-5-12)11-3-6-13(24-8-7-23)14(9-11)25-16(20,21)22/h1-6,9H,7-8,23H2. The average Bonchev–Trinajstić information content (AvgIpc) is 2.51. The molecule has 0 saturated carbocycles. The molecule has 0 spiro atoms. The van der Waals surface area contributed by atoms with Crippen molar-refractivity contribution in [3.8, 4) is 22.6 Å². The summed E-state index contributed by atoms with van der Waals surface area (Å²) >= 11 is 0. The van der Waals surface area contributed by atoms with E-state index in [1.54, 1.807) is 0 Å². The van der Waals surface area contributed by atoms with Crippen molar-refractivity contribution in [2.24, 2.45) is 5.73 Å². The summed E-state index contributed by atoms with van der Waals surface area (Å²) in [5.74, 6) is -0.767. The molecule has 0 bridgehead atoms. The van der Waals surface area contributed by atoms with Crippen LogP contribution in [0.2, 0.25) is 0 Å². The number of alkyl halides is 6. The largest absolute Gasteiger partial charge is 0.573 e. The molecule has 0 heterocycles. The highest BCUT2D eigenvalue weighted by molar-refractivity contribution is 5.67. The van der Waals surface area contributed by atoms with E-state index in [2.05, 4.69) is 4.74 Å². The van der Waals surface area contributed by atoms with Gasteiger partial charge in [0.15, 0.2) is 11.5 Å². The van der Waals surface area contributed by atoms with Crippen LogP contribution in [-0.4, -0.2) is 19.5 Å². The first-order chi connectivity index (χ1) is 11.6. The maximum atomic E-state index is 12.6. The zero-order valence-electron chi connectivity index (χ0n) is 12.6. The predicted molar refractivity (Wildman–Crippen MR) is 78.1 cm³/mol. The second-order valence-electron chi connectivity index (χ2n) is 4.92. The van der Waals surface area contributed by atoms with Crippen LogP contribution in [0.3, 0.4) is 0 Å². The molecular formula is C16H13F6NO2. The van der Waals surface area contributed by atoms with Crippen LogP contribution >= 0.6 is 0 Å². The van der Waals surface area contributed by atoms with Crippen LogP contribution in [0, 0.1) is 0 Å². The fraction of sp³-hybridized carbons (Fsp3) is 0.250. The molecule has 0 amide bonds. The van der Waals surface area contributed by atoms with E-state index in [1.807, 2.05) is 0 Å². The van der Waals surface area contributed by atoms with Gasteiger partial charge in [-0.2, -0.15) is 13.2 Å². The molecule has 0 aliphatic rings. The highest BCUT2D eigenvalue weighted by Gasteiger charge is 2.33. The lowest BCUT2D eigenvalue weighted by Gasteiger charge is -2.15. The minimum absolute atomic E-state index is 0.0200. The summed E-state index contributed by atoms with van der Waals surface area (Å²) in [5, 5.41) is 0. The second-order valence-corrected chi connectivity index (χ2v) is 4.92. The van der Waals surface area contributed by atoms with Gasteiger partial charge in [-0.1, -0.05) is 18.2 Å². The van der Waals surface area contributed by atoms with Crippen LogP contribution < -0.4 is 15.2 Å². The number of rotatable bonds is 5. The number of hydrogen-bond donors (Lipinski definition) is 1. The molecule has 136 valence electrons. The molecule has 0 fully saturated rings. The lowest BCUT2D eigenvalue weighted by Crippen LogP contribution is -2.18. The quantitative estimate of drug-likeness (QED) is 0.787. The van der Waals surface area contributed by atoms with Crippen molar-refractivity contribution in [1.29, 1.82) is 0 Å². The van der Waals surface area contributed by atoms with Crippen LogP contribution in [0.4, 0.5) is 26.3 Å². The molecule has 0 radical (unpaired) electrons. The Labute approximate surface area is 139 Å². The van der Waals surface area contributed by atoms with Gasteiger partial charge in [-0.25, -0.2) is 0 Å². The smallest absolute Gasteiger partial charge is 0.488 e. The molecule has 0 aromatic heterocycles. The molecule has 0 unspecified atom stereocenters. The number of ether oxygens (including phenoxy) is 2. The van der Waals surface area contributed by atoms with Gasteiger partial charge in [-0.3, -0.25) is 0 Å². The van der Waals surface area contributed by atoms with E-state index in [-0.39, 0.29) is 24.5 Å². The third-order valence-electron chi connectivity index (χ3n) is 3.09. The normalized spacial score (nSPS) is 12.1. The highest BCUT2D eigenvalue weighted by atomic mass is 19.4. The van der Waals surface area contributed by atoms with Gasteiger partial charge in [0, 0.05) is 6.54 Å². The lowest BCUT2D eigenvalue weighted by molar-refractivity contribution is -0.275. The SMILES string of the molecule is NCCOc1ccc(-c2ccc(C(F)(F)F)cc2)cc1OC(F)(F)F. The molecule has 2 N–H and O–H groups in total. The number of nitrogens with two attached hydrogens (primary N) is 1. The fourth-order valence-corrected chi connectivity index (χ4v) is 2.03. The molecule has 25 heavy (non-hydrogen) atoms. The third kappa shape index (κ3) is 5.28. The Morgan fingerprint density at radius 3 is 1.92 bits per heavy atom. The van der Waals surface area contributed by atoms with Crippen LogP contribution in [0.5, 0.6) is 11.5 Å². The molecule has 0 atom stereocenters. The summed E-state index contributed by atoms with van der Waals surface area (Å²) < 4.78 is 84.3. The van der Waals surface area contributed by atoms with E-state index in [9.17, 15) is 26.3 Å². The Morgan fingerprint density at radius 2 is 1.40 bits per heavy atom. The van der Waals surface area contributed by atoms with Crippen LogP contribution in [0.25, 0.3) is 11.1 Å². The number of halogens is 6. The lowest BCUT2D eigenvalue weighted by atomic mass is 10.0. The van der Waals surface area contributed by atoms with Gasteiger partial charge in [-0.05, 0) is 35.4 Å². The first-order valence-corrected chi connectivity index (χ1v) is 7.00. The van der Waals surface area contributed by atoms with Crippen LogP contribution in [0.1, 0.15) is 5.56 Å². The first-order valence-electron chi connectivity index (χ1n) is 7.00. The van der Waals surface area contributed by atoms with Gasteiger partial charge in [0.2, 0.25) is 0 Å². The van der Waals surface area contributed by atoms with E-state index < -0.39 is 23.9 Å². The van der Waals surface area contributed by atoms with Crippen LogP contribution in [0.15, 0.2) is 42.5 Å². The Balaban J connectivity index is 2.36. The summed E-state index contributed by atoms with van der Waals surface area (Å²) in [7, 11) is 0. The summed E-state index contributed by atoms with van der Waals surface area (Å²) in [6, 6.07) is 7.71. The van der Waals surface area contributed by atoms with Crippen molar-refractivity contribution in [2.45, 2.75) is 12.5 Å². The Kier molecular flexibility index (Phi) is 5.46. The predicted octanol–water partition coefficient (Wildman–Crippen LogP) is 4.61. The molecular weight excluding hydrogens is 352 g/mol. The third-order valence-corrected chi connectivity index (χ3v) is 3.09. The van der Waals surface area contributed by atoms with Gasteiger partial charge in [0.05, 0.1) is 5.56 Å². The van der Waals surface area contributed by atoms with Crippen molar-refractivity contribution < 1.29 is 35.8 Å². The second kappa shape index (κ2) is 7.22. The molecule has 2 aromatic rings. The zero-order chi connectivity index (χ0) is 18.7. The minimum Gasteiger partial charge on any atom is -0.488 e. The minimum atomic E-state index is -4.94. The Bertz CT molecular complexity index is 710. The fourth-order valence-electron chi connectivity index (χ4n) is 2.03. The van der Waals surface area contributed by atoms with Crippen LogP contribution in [-0.2, 0) is 6.18 Å². The van der Waals surface area contributed by atoms with Crippen molar-refractivity contribution in [1.82, 2.24) is 0 Å². The maximum Gasteiger partial charge on any atom is 0.573 e. The van der Waals surface area contributed by atoms with E-state index in [4.69, 9.17) is 10.5 Å². The van der Waals surface area contributed by atoms with Gasteiger partial charge >= 0.3 is 12.5 Å².